The molecule has 0 radical (unpaired) electrons. The molecule has 0 aliphatic rings. The van der Waals surface area contributed by atoms with Crippen molar-refractivity contribution >= 4 is 11.3 Å². The molecule has 1 aromatic rings. The number of hydrogen-bond donors (Lipinski definition) is 2. The summed E-state index contributed by atoms with van der Waals surface area (Å²) in [6.45, 7) is 1.29. The van der Waals surface area contributed by atoms with Crippen molar-refractivity contribution in [3.05, 3.63) is 20.7 Å². The van der Waals surface area contributed by atoms with E-state index in [1.54, 1.807) is 5.38 Å². The zero-order valence-corrected chi connectivity index (χ0v) is 7.28. The van der Waals surface area contributed by atoms with Crippen molar-refractivity contribution in [2.24, 2.45) is 0 Å². The minimum Gasteiger partial charge on any atom is -0.315 e. The van der Waals surface area contributed by atoms with Gasteiger partial charge in [-0.3, -0.25) is 4.79 Å². The van der Waals surface area contributed by atoms with Gasteiger partial charge in [0.25, 0.3) is 0 Å². The van der Waals surface area contributed by atoms with Gasteiger partial charge >= 0.3 is 4.87 Å². The second kappa shape index (κ2) is 4.70. The maximum absolute atomic E-state index is 10.7. The summed E-state index contributed by atoms with van der Waals surface area (Å²) in [5.74, 6) is 0. The number of nitriles is 1. The molecule has 5 heteroatoms. The van der Waals surface area contributed by atoms with Crippen LogP contribution in [0.15, 0.2) is 10.2 Å². The molecule has 2 N–H and O–H groups in total. The van der Waals surface area contributed by atoms with Crippen LogP contribution in [-0.4, -0.2) is 11.5 Å². The molecule has 0 saturated heterocycles. The van der Waals surface area contributed by atoms with Gasteiger partial charge in [0, 0.05) is 30.6 Å². The lowest BCUT2D eigenvalue weighted by molar-refractivity contribution is 0.687. The van der Waals surface area contributed by atoms with Crippen LogP contribution in [0.25, 0.3) is 0 Å². The van der Waals surface area contributed by atoms with Gasteiger partial charge in [0.05, 0.1) is 6.07 Å². The average Bonchev–Trinajstić information content (AvgIpc) is 2.45. The maximum Gasteiger partial charge on any atom is 0.304 e. The molecule has 0 atom stereocenters. The van der Waals surface area contributed by atoms with E-state index in [1.807, 2.05) is 6.07 Å². The molecule has 0 aromatic carbocycles. The lowest BCUT2D eigenvalue weighted by Crippen LogP contribution is -2.15. The zero-order valence-electron chi connectivity index (χ0n) is 6.46. The molecule has 0 saturated carbocycles. The summed E-state index contributed by atoms with van der Waals surface area (Å²) in [4.78, 5) is 13.3. The fraction of sp³-hybridized carbons (Fsp3) is 0.429. The van der Waals surface area contributed by atoms with Crippen LogP contribution in [0.5, 0.6) is 0 Å². The molecular weight excluding hydrogens is 174 g/mol. The van der Waals surface area contributed by atoms with Gasteiger partial charge in [0.15, 0.2) is 0 Å². The molecule has 0 spiro atoms. The van der Waals surface area contributed by atoms with Crippen LogP contribution in [0, 0.1) is 11.3 Å². The normalized spacial score (nSPS) is 9.58. The standard InChI is InChI=1S/C7H9N3OS/c8-2-1-3-9-4-6-5-12-7(11)10-6/h5,9H,1,3-4H2,(H,10,11). The third-order valence-corrected chi connectivity index (χ3v) is 2.02. The number of H-pyrrole nitrogens is 1. The highest BCUT2D eigenvalue weighted by molar-refractivity contribution is 7.07. The van der Waals surface area contributed by atoms with Crippen molar-refractivity contribution in [2.45, 2.75) is 13.0 Å². The Morgan fingerprint density at radius 1 is 1.75 bits per heavy atom. The van der Waals surface area contributed by atoms with E-state index in [4.69, 9.17) is 5.26 Å². The second-order valence-corrected chi connectivity index (χ2v) is 3.10. The average molecular weight is 183 g/mol. The smallest absolute Gasteiger partial charge is 0.304 e. The Labute approximate surface area is 73.9 Å². The molecule has 1 rings (SSSR count). The molecule has 1 heterocycles. The van der Waals surface area contributed by atoms with E-state index < -0.39 is 0 Å². The van der Waals surface area contributed by atoms with E-state index in [0.717, 1.165) is 17.0 Å². The Balaban J connectivity index is 2.25. The quantitative estimate of drug-likeness (QED) is 0.665. The largest absolute Gasteiger partial charge is 0.315 e. The van der Waals surface area contributed by atoms with E-state index in [2.05, 4.69) is 10.3 Å². The summed E-state index contributed by atoms with van der Waals surface area (Å²) in [7, 11) is 0. The predicted octanol–water partition coefficient (Wildman–Crippen LogP) is 0.440. The Morgan fingerprint density at radius 2 is 2.58 bits per heavy atom. The molecule has 0 fully saturated rings. The minimum atomic E-state index is -0.0351. The minimum absolute atomic E-state index is 0.0351. The van der Waals surface area contributed by atoms with Gasteiger partial charge in [-0.25, -0.2) is 0 Å². The number of aromatic nitrogens is 1. The Kier molecular flexibility index (Phi) is 3.51. The lowest BCUT2D eigenvalue weighted by Gasteiger charge is -1.96. The predicted molar refractivity (Wildman–Crippen MR) is 46.9 cm³/mol. The van der Waals surface area contributed by atoms with E-state index in [-0.39, 0.29) is 4.87 Å². The molecule has 64 valence electrons. The number of aromatic amines is 1. The number of thiazole rings is 1. The van der Waals surface area contributed by atoms with Gasteiger partial charge in [0.1, 0.15) is 0 Å². The summed E-state index contributed by atoms with van der Waals surface area (Å²) in [5.41, 5.74) is 0.878. The first-order chi connectivity index (χ1) is 5.83. The second-order valence-electron chi connectivity index (χ2n) is 2.26. The number of nitrogens with one attached hydrogen (secondary N) is 2. The van der Waals surface area contributed by atoms with Crippen LogP contribution < -0.4 is 10.2 Å². The van der Waals surface area contributed by atoms with E-state index in [1.165, 1.54) is 0 Å². The lowest BCUT2D eigenvalue weighted by atomic mass is 10.4. The van der Waals surface area contributed by atoms with Gasteiger partial charge in [0.2, 0.25) is 0 Å². The molecule has 0 unspecified atom stereocenters. The molecular formula is C7H9N3OS. The van der Waals surface area contributed by atoms with Gasteiger partial charge in [-0.1, -0.05) is 11.3 Å². The molecule has 0 aliphatic heterocycles. The summed E-state index contributed by atoms with van der Waals surface area (Å²) >= 11 is 1.15. The number of rotatable bonds is 4. The third kappa shape index (κ3) is 2.86. The topological polar surface area (TPSA) is 68.7 Å². The third-order valence-electron chi connectivity index (χ3n) is 1.30. The van der Waals surface area contributed by atoms with Gasteiger partial charge in [-0.15, -0.1) is 0 Å². The van der Waals surface area contributed by atoms with Crippen LogP contribution in [0.1, 0.15) is 12.1 Å². The van der Waals surface area contributed by atoms with Crippen LogP contribution in [0.3, 0.4) is 0 Å². The molecule has 12 heavy (non-hydrogen) atoms. The molecule has 0 bridgehead atoms. The van der Waals surface area contributed by atoms with Crippen LogP contribution in [-0.2, 0) is 6.54 Å². The number of hydrogen-bond acceptors (Lipinski definition) is 4. The molecule has 0 aliphatic carbocycles. The van der Waals surface area contributed by atoms with Crippen LogP contribution in [0.2, 0.25) is 0 Å². The van der Waals surface area contributed by atoms with E-state index in [9.17, 15) is 4.79 Å². The zero-order chi connectivity index (χ0) is 8.81. The van der Waals surface area contributed by atoms with Crippen LogP contribution in [0.4, 0.5) is 0 Å². The highest BCUT2D eigenvalue weighted by atomic mass is 32.1. The number of nitrogens with zero attached hydrogens (tertiary/aromatic N) is 1. The summed E-state index contributed by atoms with van der Waals surface area (Å²) in [6.07, 6.45) is 0.494. The molecule has 0 amide bonds. The molecule has 1 aromatic heterocycles. The summed E-state index contributed by atoms with van der Waals surface area (Å²) in [6, 6.07) is 2.03. The monoisotopic (exact) mass is 183 g/mol. The van der Waals surface area contributed by atoms with Crippen molar-refractivity contribution in [1.29, 1.82) is 5.26 Å². The molecule has 4 nitrogen and oxygen atoms in total. The Bertz CT molecular complexity index is 322. The van der Waals surface area contributed by atoms with Crippen molar-refractivity contribution in [1.82, 2.24) is 10.3 Å². The van der Waals surface area contributed by atoms with Gasteiger partial charge in [-0.2, -0.15) is 5.26 Å². The van der Waals surface area contributed by atoms with E-state index in [0.29, 0.717) is 19.5 Å². The first-order valence-electron chi connectivity index (χ1n) is 3.57. The van der Waals surface area contributed by atoms with Crippen molar-refractivity contribution in [2.75, 3.05) is 6.54 Å². The fourth-order valence-corrected chi connectivity index (χ4v) is 1.35. The highest BCUT2D eigenvalue weighted by Gasteiger charge is 1.94. The Morgan fingerprint density at radius 3 is 3.17 bits per heavy atom. The highest BCUT2D eigenvalue weighted by Crippen LogP contribution is 1.93. The first-order valence-corrected chi connectivity index (χ1v) is 4.45. The fourth-order valence-electron chi connectivity index (χ4n) is 0.768. The summed E-state index contributed by atoms with van der Waals surface area (Å²) < 4.78 is 0. The maximum atomic E-state index is 10.7. The van der Waals surface area contributed by atoms with E-state index >= 15 is 0 Å². The van der Waals surface area contributed by atoms with Crippen molar-refractivity contribution < 1.29 is 0 Å². The first kappa shape index (κ1) is 8.97. The summed E-state index contributed by atoms with van der Waals surface area (Å²) in [5, 5.41) is 13.0. The van der Waals surface area contributed by atoms with Gasteiger partial charge in [-0.05, 0) is 0 Å². The van der Waals surface area contributed by atoms with Crippen molar-refractivity contribution in [3.8, 4) is 6.07 Å². The SMILES string of the molecule is N#CCCNCc1csc(=O)[nH]1. The Hall–Kier alpha value is -1.12. The van der Waals surface area contributed by atoms with Crippen molar-refractivity contribution in [3.63, 3.8) is 0 Å². The van der Waals surface area contributed by atoms with Crippen LogP contribution >= 0.6 is 11.3 Å². The van der Waals surface area contributed by atoms with Gasteiger partial charge < -0.3 is 10.3 Å².